The molecule has 1 aromatic carbocycles. The van der Waals surface area contributed by atoms with E-state index < -0.39 is 0 Å². The van der Waals surface area contributed by atoms with Gasteiger partial charge in [-0.3, -0.25) is 9.69 Å². The lowest BCUT2D eigenvalue weighted by Crippen LogP contribution is -2.45. The monoisotopic (exact) mass is 319 g/mol. The largest absolute Gasteiger partial charge is 0.354 e. The van der Waals surface area contributed by atoms with Crippen LogP contribution in [0, 0.1) is 11.7 Å². The lowest BCUT2D eigenvalue weighted by Gasteiger charge is -2.33. The van der Waals surface area contributed by atoms with Gasteiger partial charge in [0.1, 0.15) is 5.82 Å². The van der Waals surface area contributed by atoms with E-state index in [0.717, 1.165) is 64.0 Å². The highest BCUT2D eigenvalue weighted by Crippen LogP contribution is 2.18. The Balaban J connectivity index is 1.45. The standard InChI is InChI=1S/C18H26FN3O/c19-16-6-1-4-14(10-16)12-22-9-3-5-15(13-22)11-21-18(23)17-7-2-8-20-17/h1,4,6,10,15,17,20H,2-3,5,7-9,11-13H2,(H,21,23). The van der Waals surface area contributed by atoms with E-state index in [2.05, 4.69) is 15.5 Å². The van der Waals surface area contributed by atoms with Gasteiger partial charge in [-0.05, 0) is 62.4 Å². The summed E-state index contributed by atoms with van der Waals surface area (Å²) in [6, 6.07) is 6.83. The van der Waals surface area contributed by atoms with Crippen molar-refractivity contribution in [2.24, 2.45) is 5.92 Å². The van der Waals surface area contributed by atoms with Crippen LogP contribution in [0.1, 0.15) is 31.2 Å². The highest BCUT2D eigenvalue weighted by Gasteiger charge is 2.24. The molecule has 0 aliphatic carbocycles. The Morgan fingerprint density at radius 3 is 3.04 bits per heavy atom. The molecule has 0 radical (unpaired) electrons. The van der Waals surface area contributed by atoms with Crippen molar-refractivity contribution in [1.29, 1.82) is 0 Å². The van der Waals surface area contributed by atoms with E-state index in [9.17, 15) is 9.18 Å². The molecule has 1 amide bonds. The number of piperidine rings is 1. The number of hydrogen-bond acceptors (Lipinski definition) is 3. The minimum absolute atomic E-state index is 0.00184. The molecule has 0 aromatic heterocycles. The summed E-state index contributed by atoms with van der Waals surface area (Å²) >= 11 is 0. The third kappa shape index (κ3) is 4.75. The van der Waals surface area contributed by atoms with Crippen LogP contribution in [0.4, 0.5) is 4.39 Å². The van der Waals surface area contributed by atoms with E-state index in [-0.39, 0.29) is 17.8 Å². The second kappa shape index (κ2) is 7.88. The number of nitrogens with zero attached hydrogens (tertiary/aromatic N) is 1. The van der Waals surface area contributed by atoms with Crippen LogP contribution in [0.2, 0.25) is 0 Å². The number of nitrogens with one attached hydrogen (secondary N) is 2. The van der Waals surface area contributed by atoms with Crippen LogP contribution in [0.15, 0.2) is 24.3 Å². The van der Waals surface area contributed by atoms with Crippen LogP contribution in [-0.2, 0) is 11.3 Å². The molecule has 0 spiro atoms. The Hall–Kier alpha value is -1.46. The number of benzene rings is 1. The molecule has 2 aliphatic rings. The van der Waals surface area contributed by atoms with Gasteiger partial charge in [0.05, 0.1) is 6.04 Å². The Bertz CT molecular complexity index is 531. The van der Waals surface area contributed by atoms with Crippen LogP contribution in [0.5, 0.6) is 0 Å². The summed E-state index contributed by atoms with van der Waals surface area (Å²) in [7, 11) is 0. The molecule has 5 heteroatoms. The molecule has 23 heavy (non-hydrogen) atoms. The lowest BCUT2D eigenvalue weighted by molar-refractivity contribution is -0.123. The average Bonchev–Trinajstić information content (AvgIpc) is 3.07. The van der Waals surface area contributed by atoms with Gasteiger partial charge in [-0.2, -0.15) is 0 Å². The number of halogens is 1. The highest BCUT2D eigenvalue weighted by atomic mass is 19.1. The zero-order valence-corrected chi connectivity index (χ0v) is 13.6. The van der Waals surface area contributed by atoms with Gasteiger partial charge in [-0.1, -0.05) is 12.1 Å². The fourth-order valence-electron chi connectivity index (χ4n) is 3.63. The summed E-state index contributed by atoms with van der Waals surface area (Å²) in [5.74, 6) is 0.458. The van der Waals surface area contributed by atoms with Crippen molar-refractivity contribution in [3.05, 3.63) is 35.6 Å². The lowest BCUT2D eigenvalue weighted by atomic mass is 9.97. The summed E-state index contributed by atoms with van der Waals surface area (Å²) in [6.07, 6.45) is 4.32. The van der Waals surface area contributed by atoms with Crippen molar-refractivity contribution in [2.45, 2.75) is 38.3 Å². The van der Waals surface area contributed by atoms with E-state index >= 15 is 0 Å². The Labute approximate surface area is 137 Å². The van der Waals surface area contributed by atoms with E-state index in [1.807, 2.05) is 6.07 Å². The van der Waals surface area contributed by atoms with Crippen molar-refractivity contribution >= 4 is 5.91 Å². The molecular weight excluding hydrogens is 293 g/mol. The number of amides is 1. The maximum atomic E-state index is 13.3. The number of hydrogen-bond donors (Lipinski definition) is 2. The van der Waals surface area contributed by atoms with E-state index in [1.165, 1.54) is 6.07 Å². The topological polar surface area (TPSA) is 44.4 Å². The Morgan fingerprint density at radius 1 is 1.35 bits per heavy atom. The Kier molecular flexibility index (Phi) is 5.62. The summed E-state index contributed by atoms with van der Waals surface area (Å²) in [5.41, 5.74) is 1.02. The van der Waals surface area contributed by atoms with E-state index in [4.69, 9.17) is 0 Å². The smallest absolute Gasteiger partial charge is 0.237 e. The van der Waals surface area contributed by atoms with Crippen molar-refractivity contribution in [3.8, 4) is 0 Å². The van der Waals surface area contributed by atoms with Crippen molar-refractivity contribution in [3.63, 3.8) is 0 Å². The van der Waals surface area contributed by atoms with Gasteiger partial charge in [0.25, 0.3) is 0 Å². The maximum absolute atomic E-state index is 13.3. The van der Waals surface area contributed by atoms with Crippen LogP contribution in [-0.4, -0.2) is 43.0 Å². The fraction of sp³-hybridized carbons (Fsp3) is 0.611. The van der Waals surface area contributed by atoms with Crippen LogP contribution >= 0.6 is 0 Å². The Morgan fingerprint density at radius 2 is 2.26 bits per heavy atom. The van der Waals surface area contributed by atoms with Gasteiger partial charge in [-0.25, -0.2) is 4.39 Å². The van der Waals surface area contributed by atoms with Crippen LogP contribution < -0.4 is 10.6 Å². The van der Waals surface area contributed by atoms with Gasteiger partial charge >= 0.3 is 0 Å². The first-order chi connectivity index (χ1) is 11.2. The molecule has 2 N–H and O–H groups in total. The molecule has 0 saturated carbocycles. The molecule has 2 atom stereocenters. The summed E-state index contributed by atoms with van der Waals surface area (Å²) in [6.45, 7) is 4.49. The maximum Gasteiger partial charge on any atom is 0.237 e. The average molecular weight is 319 g/mol. The summed E-state index contributed by atoms with van der Waals surface area (Å²) in [4.78, 5) is 14.4. The number of carbonyl (C=O) groups excluding carboxylic acids is 1. The third-order valence-corrected chi connectivity index (χ3v) is 4.84. The van der Waals surface area contributed by atoms with Gasteiger partial charge in [0.15, 0.2) is 0 Å². The molecule has 1 aromatic rings. The zero-order chi connectivity index (χ0) is 16.1. The summed E-state index contributed by atoms with van der Waals surface area (Å²) in [5, 5.41) is 6.33. The number of carbonyl (C=O) groups is 1. The van der Waals surface area contributed by atoms with Crippen molar-refractivity contribution < 1.29 is 9.18 Å². The van der Waals surface area contributed by atoms with Crippen molar-refractivity contribution in [2.75, 3.05) is 26.2 Å². The molecule has 3 rings (SSSR count). The molecular formula is C18H26FN3O. The number of rotatable bonds is 5. The van der Waals surface area contributed by atoms with Gasteiger partial charge in [0, 0.05) is 19.6 Å². The first kappa shape index (κ1) is 16.4. The molecule has 2 fully saturated rings. The molecule has 4 nitrogen and oxygen atoms in total. The predicted molar refractivity (Wildman–Crippen MR) is 88.4 cm³/mol. The quantitative estimate of drug-likeness (QED) is 0.871. The third-order valence-electron chi connectivity index (χ3n) is 4.84. The zero-order valence-electron chi connectivity index (χ0n) is 13.6. The predicted octanol–water partition coefficient (Wildman–Crippen LogP) is 1.91. The van der Waals surface area contributed by atoms with Gasteiger partial charge in [0.2, 0.25) is 5.91 Å². The van der Waals surface area contributed by atoms with Gasteiger partial charge < -0.3 is 10.6 Å². The molecule has 2 heterocycles. The highest BCUT2D eigenvalue weighted by molar-refractivity contribution is 5.81. The minimum Gasteiger partial charge on any atom is -0.354 e. The second-order valence-corrected chi connectivity index (χ2v) is 6.77. The molecule has 126 valence electrons. The first-order valence-corrected chi connectivity index (χ1v) is 8.68. The SMILES string of the molecule is O=C(NCC1CCCN(Cc2cccc(F)c2)C1)C1CCCN1. The van der Waals surface area contributed by atoms with E-state index in [1.54, 1.807) is 12.1 Å². The number of likely N-dealkylation sites (tertiary alicyclic amines) is 1. The first-order valence-electron chi connectivity index (χ1n) is 8.68. The van der Waals surface area contributed by atoms with Crippen LogP contribution in [0.25, 0.3) is 0 Å². The van der Waals surface area contributed by atoms with Crippen molar-refractivity contribution in [1.82, 2.24) is 15.5 Å². The van der Waals surface area contributed by atoms with E-state index in [0.29, 0.717) is 5.92 Å². The van der Waals surface area contributed by atoms with Gasteiger partial charge in [-0.15, -0.1) is 0 Å². The fourth-order valence-corrected chi connectivity index (χ4v) is 3.63. The molecule has 2 aliphatic heterocycles. The molecule has 2 saturated heterocycles. The molecule has 2 unspecified atom stereocenters. The minimum atomic E-state index is -0.174. The second-order valence-electron chi connectivity index (χ2n) is 6.77. The normalized spacial score (nSPS) is 25.4. The summed E-state index contributed by atoms with van der Waals surface area (Å²) < 4.78 is 13.3. The van der Waals surface area contributed by atoms with Crippen LogP contribution in [0.3, 0.4) is 0 Å². The molecule has 0 bridgehead atoms.